The van der Waals surface area contributed by atoms with Gasteiger partial charge in [0.15, 0.2) is 5.43 Å². The van der Waals surface area contributed by atoms with Gasteiger partial charge in [0.25, 0.3) is 0 Å². The molecule has 2 heterocycles. The molecule has 0 atom stereocenters. The number of esters is 1. The number of nitrogens with zero attached hydrogens (tertiary/aromatic N) is 1. The highest BCUT2D eigenvalue weighted by molar-refractivity contribution is 6.31. The summed E-state index contributed by atoms with van der Waals surface area (Å²) in [7, 11) is 0. The zero-order valence-corrected chi connectivity index (χ0v) is 12.2. The molecule has 0 unspecified atom stereocenters. The third-order valence-electron chi connectivity index (χ3n) is 2.92. The first-order chi connectivity index (χ1) is 10.5. The van der Waals surface area contributed by atoms with Crippen LogP contribution in [0.25, 0.3) is 11.0 Å². The molecule has 0 aliphatic heterocycles. The van der Waals surface area contributed by atoms with Gasteiger partial charge in [-0.1, -0.05) is 16.8 Å². The third-order valence-corrected chi connectivity index (χ3v) is 3.15. The summed E-state index contributed by atoms with van der Waals surface area (Å²) in [4.78, 5) is 23.9. The number of halogens is 1. The lowest BCUT2D eigenvalue weighted by Crippen LogP contribution is -2.10. The number of hydrogen-bond donors (Lipinski definition) is 0. The second-order valence-electron chi connectivity index (χ2n) is 4.62. The van der Waals surface area contributed by atoms with Crippen molar-refractivity contribution in [3.8, 4) is 0 Å². The maximum Gasteiger partial charge on any atom is 0.374 e. The maximum atomic E-state index is 12.0. The predicted molar refractivity (Wildman–Crippen MR) is 77.9 cm³/mol. The van der Waals surface area contributed by atoms with Crippen LogP contribution >= 0.6 is 11.6 Å². The number of carbonyl (C=O) groups is 1. The summed E-state index contributed by atoms with van der Waals surface area (Å²) in [6.07, 6.45) is 0. The highest BCUT2D eigenvalue weighted by atomic mass is 35.5. The monoisotopic (exact) mass is 319 g/mol. The van der Waals surface area contributed by atoms with Crippen LogP contribution in [0, 0.1) is 6.92 Å². The van der Waals surface area contributed by atoms with E-state index >= 15 is 0 Å². The van der Waals surface area contributed by atoms with Gasteiger partial charge in [-0.2, -0.15) is 0 Å². The van der Waals surface area contributed by atoms with Gasteiger partial charge in [0.05, 0.1) is 5.39 Å². The van der Waals surface area contributed by atoms with Crippen LogP contribution in [-0.2, 0) is 11.3 Å². The van der Waals surface area contributed by atoms with Crippen molar-refractivity contribution in [1.29, 1.82) is 0 Å². The minimum atomic E-state index is -0.755. The molecule has 0 radical (unpaired) electrons. The van der Waals surface area contributed by atoms with Crippen molar-refractivity contribution in [3.63, 3.8) is 0 Å². The molecule has 3 aromatic rings. The Labute approximate surface area is 129 Å². The molecule has 0 saturated carbocycles. The molecule has 0 N–H and O–H groups in total. The topological polar surface area (TPSA) is 82.5 Å². The van der Waals surface area contributed by atoms with Crippen molar-refractivity contribution in [1.82, 2.24) is 5.16 Å². The Morgan fingerprint density at radius 3 is 2.86 bits per heavy atom. The molecule has 6 nitrogen and oxygen atoms in total. The zero-order valence-electron chi connectivity index (χ0n) is 11.5. The van der Waals surface area contributed by atoms with Gasteiger partial charge in [-0.3, -0.25) is 4.79 Å². The Kier molecular flexibility index (Phi) is 3.68. The van der Waals surface area contributed by atoms with E-state index in [1.54, 1.807) is 19.1 Å². The first-order valence-electron chi connectivity index (χ1n) is 6.35. The van der Waals surface area contributed by atoms with Crippen LogP contribution in [0.2, 0.25) is 5.02 Å². The fourth-order valence-electron chi connectivity index (χ4n) is 1.93. The zero-order chi connectivity index (χ0) is 15.7. The maximum absolute atomic E-state index is 12.0. The second kappa shape index (κ2) is 5.65. The summed E-state index contributed by atoms with van der Waals surface area (Å²) in [6.45, 7) is 1.66. The fraction of sp³-hybridized carbons (Fsp3) is 0.133. The quantitative estimate of drug-likeness (QED) is 0.690. The van der Waals surface area contributed by atoms with E-state index in [-0.39, 0.29) is 23.4 Å². The van der Waals surface area contributed by atoms with E-state index in [2.05, 4.69) is 5.16 Å². The van der Waals surface area contributed by atoms with Crippen molar-refractivity contribution >= 4 is 28.5 Å². The number of hydrogen-bond acceptors (Lipinski definition) is 6. The standard InChI is InChI=1S/C15H10ClNO5/c1-8-4-10(17-22-8)7-20-15(19)14-6-12(18)11-5-9(16)2-3-13(11)21-14/h2-6H,7H2,1H3. The molecule has 22 heavy (non-hydrogen) atoms. The minimum Gasteiger partial charge on any atom is -0.453 e. The van der Waals surface area contributed by atoms with Crippen molar-refractivity contribution in [2.24, 2.45) is 0 Å². The minimum absolute atomic E-state index is 0.0709. The van der Waals surface area contributed by atoms with Crippen LogP contribution in [0.1, 0.15) is 22.0 Å². The van der Waals surface area contributed by atoms with E-state index in [0.717, 1.165) is 6.07 Å². The SMILES string of the molecule is Cc1cc(COC(=O)c2cc(=O)c3cc(Cl)ccc3o2)no1. The van der Waals surface area contributed by atoms with Crippen molar-refractivity contribution < 1.29 is 18.5 Å². The molecule has 0 spiro atoms. The molecule has 0 amide bonds. The Morgan fingerprint density at radius 2 is 2.14 bits per heavy atom. The van der Waals surface area contributed by atoms with Gasteiger partial charge < -0.3 is 13.7 Å². The number of ether oxygens (including phenoxy) is 1. The summed E-state index contributed by atoms with van der Waals surface area (Å²) < 4.78 is 15.3. The predicted octanol–water partition coefficient (Wildman–Crippen LogP) is 3.10. The van der Waals surface area contributed by atoms with Gasteiger partial charge in [0.2, 0.25) is 5.76 Å². The van der Waals surface area contributed by atoms with Crippen LogP contribution in [-0.4, -0.2) is 11.1 Å². The molecule has 0 bridgehead atoms. The number of rotatable bonds is 3. The lowest BCUT2D eigenvalue weighted by atomic mass is 10.2. The number of carbonyl (C=O) groups excluding carboxylic acids is 1. The van der Waals surface area contributed by atoms with E-state index in [1.165, 1.54) is 12.1 Å². The molecule has 0 aliphatic rings. The summed E-state index contributed by atoms with van der Waals surface area (Å²) in [5.74, 6) is -0.324. The summed E-state index contributed by atoms with van der Waals surface area (Å²) in [6, 6.07) is 7.30. The number of benzene rings is 1. The van der Waals surface area contributed by atoms with Crippen LogP contribution in [0.5, 0.6) is 0 Å². The van der Waals surface area contributed by atoms with Gasteiger partial charge in [0, 0.05) is 17.2 Å². The van der Waals surface area contributed by atoms with Gasteiger partial charge in [0.1, 0.15) is 23.6 Å². The van der Waals surface area contributed by atoms with Crippen LogP contribution in [0.3, 0.4) is 0 Å². The first-order valence-corrected chi connectivity index (χ1v) is 6.73. The van der Waals surface area contributed by atoms with E-state index in [9.17, 15) is 9.59 Å². The Morgan fingerprint density at radius 1 is 1.32 bits per heavy atom. The molecular formula is C15H10ClNO5. The van der Waals surface area contributed by atoms with Crippen molar-refractivity contribution in [2.75, 3.05) is 0 Å². The fourth-order valence-corrected chi connectivity index (χ4v) is 2.10. The second-order valence-corrected chi connectivity index (χ2v) is 5.06. The van der Waals surface area contributed by atoms with Gasteiger partial charge in [-0.05, 0) is 25.1 Å². The normalized spacial score (nSPS) is 10.8. The average Bonchev–Trinajstić information content (AvgIpc) is 2.91. The summed E-state index contributed by atoms with van der Waals surface area (Å²) in [5.41, 5.74) is 0.370. The number of aromatic nitrogens is 1. The van der Waals surface area contributed by atoms with Crippen LogP contribution < -0.4 is 5.43 Å². The molecular weight excluding hydrogens is 310 g/mol. The lowest BCUT2D eigenvalue weighted by molar-refractivity contribution is 0.0428. The van der Waals surface area contributed by atoms with E-state index in [1.807, 2.05) is 0 Å². The molecule has 0 aliphatic carbocycles. The molecule has 112 valence electrons. The lowest BCUT2D eigenvalue weighted by Gasteiger charge is -2.03. The molecule has 1 aromatic carbocycles. The Hall–Kier alpha value is -2.60. The molecule has 7 heteroatoms. The van der Waals surface area contributed by atoms with Gasteiger partial charge in [-0.25, -0.2) is 4.79 Å². The Bertz CT molecular complexity index is 912. The van der Waals surface area contributed by atoms with Gasteiger partial charge in [-0.15, -0.1) is 0 Å². The van der Waals surface area contributed by atoms with Gasteiger partial charge >= 0.3 is 5.97 Å². The van der Waals surface area contributed by atoms with E-state index in [4.69, 9.17) is 25.3 Å². The molecule has 0 fully saturated rings. The number of aryl methyl sites for hydroxylation is 1. The van der Waals surface area contributed by atoms with Crippen molar-refractivity contribution in [2.45, 2.75) is 13.5 Å². The number of fused-ring (bicyclic) bond motifs is 1. The highest BCUT2D eigenvalue weighted by Crippen LogP contribution is 2.18. The molecule has 3 rings (SSSR count). The summed E-state index contributed by atoms with van der Waals surface area (Å²) >= 11 is 5.82. The average molecular weight is 320 g/mol. The Balaban J connectivity index is 1.85. The molecule has 0 saturated heterocycles. The molecule has 2 aromatic heterocycles. The summed E-state index contributed by atoms with van der Waals surface area (Å²) in [5, 5.41) is 4.41. The van der Waals surface area contributed by atoms with E-state index < -0.39 is 5.97 Å². The van der Waals surface area contributed by atoms with Crippen LogP contribution in [0.15, 0.2) is 44.1 Å². The first kappa shape index (κ1) is 14.3. The highest BCUT2D eigenvalue weighted by Gasteiger charge is 2.15. The van der Waals surface area contributed by atoms with E-state index in [0.29, 0.717) is 21.9 Å². The third kappa shape index (κ3) is 2.87. The van der Waals surface area contributed by atoms with Crippen LogP contribution in [0.4, 0.5) is 0 Å². The largest absolute Gasteiger partial charge is 0.453 e. The van der Waals surface area contributed by atoms with Crippen molar-refractivity contribution in [3.05, 3.63) is 62.8 Å². The smallest absolute Gasteiger partial charge is 0.374 e.